The molecule has 0 saturated carbocycles. The first kappa shape index (κ1) is 32.2. The standard InChI is InChI=1S/C36H45N5OS2/c1-6-41(38)30-20-19-28(24(2)34(30)37)33(36(4,5)32(42)21-18-26-13-8-7-9-14-26)35-39-29(25(3)43-35)23-40-22-12-16-27-15-10-11-17-31(27)44-40/h7-11,13-15,17,19-20,33H,6,12,16,18,21-23,37-38H2,1-5H3. The molecule has 0 aliphatic carbocycles. The molecule has 1 aliphatic rings. The van der Waals surface area contributed by atoms with Crippen molar-refractivity contribution < 1.29 is 4.79 Å². The summed E-state index contributed by atoms with van der Waals surface area (Å²) in [6, 6.07) is 23.0. The Balaban J connectivity index is 1.50. The van der Waals surface area contributed by atoms with Gasteiger partial charge in [0.1, 0.15) is 10.8 Å². The highest BCUT2D eigenvalue weighted by atomic mass is 32.2. The Morgan fingerprint density at radius 1 is 1.07 bits per heavy atom. The summed E-state index contributed by atoms with van der Waals surface area (Å²) in [6.45, 7) is 12.8. The summed E-state index contributed by atoms with van der Waals surface area (Å²) < 4.78 is 2.43. The van der Waals surface area contributed by atoms with Gasteiger partial charge in [-0.2, -0.15) is 0 Å². The van der Waals surface area contributed by atoms with Gasteiger partial charge >= 0.3 is 0 Å². The Morgan fingerprint density at radius 3 is 2.55 bits per heavy atom. The third-order valence-electron chi connectivity index (χ3n) is 8.95. The van der Waals surface area contributed by atoms with Crippen LogP contribution < -0.4 is 16.6 Å². The van der Waals surface area contributed by atoms with E-state index in [1.165, 1.54) is 20.9 Å². The molecule has 0 amide bonds. The third-order valence-corrected chi connectivity index (χ3v) is 11.2. The van der Waals surface area contributed by atoms with Crippen molar-refractivity contribution in [3.63, 3.8) is 0 Å². The average molecular weight is 628 g/mol. The van der Waals surface area contributed by atoms with Gasteiger partial charge in [0.15, 0.2) is 0 Å². The van der Waals surface area contributed by atoms with E-state index in [2.05, 4.69) is 67.5 Å². The molecule has 0 saturated heterocycles. The fourth-order valence-electron chi connectivity index (χ4n) is 6.11. The molecule has 1 unspecified atom stereocenters. The zero-order valence-corrected chi connectivity index (χ0v) is 28.2. The van der Waals surface area contributed by atoms with E-state index < -0.39 is 5.41 Å². The van der Waals surface area contributed by atoms with Crippen molar-refractivity contribution in [3.05, 3.63) is 105 Å². The van der Waals surface area contributed by atoms with Crippen molar-refractivity contribution in [2.24, 2.45) is 11.3 Å². The van der Waals surface area contributed by atoms with Crippen LogP contribution in [0.15, 0.2) is 71.6 Å². The van der Waals surface area contributed by atoms with Gasteiger partial charge in [0.25, 0.3) is 0 Å². The lowest BCUT2D eigenvalue weighted by Crippen LogP contribution is -2.34. The molecular formula is C36H45N5OS2. The van der Waals surface area contributed by atoms with Gasteiger partial charge in [-0.1, -0.05) is 68.4 Å². The van der Waals surface area contributed by atoms with Crippen LogP contribution >= 0.6 is 23.3 Å². The molecule has 0 fully saturated rings. The summed E-state index contributed by atoms with van der Waals surface area (Å²) >= 11 is 3.54. The zero-order chi connectivity index (χ0) is 31.4. The molecule has 44 heavy (non-hydrogen) atoms. The van der Waals surface area contributed by atoms with Crippen LogP contribution in [0.2, 0.25) is 0 Å². The number of nitrogens with zero attached hydrogens (tertiary/aromatic N) is 3. The summed E-state index contributed by atoms with van der Waals surface area (Å²) in [5.41, 5.74) is 13.1. The largest absolute Gasteiger partial charge is 0.397 e. The lowest BCUT2D eigenvalue weighted by Gasteiger charge is -2.34. The minimum absolute atomic E-state index is 0.219. The Morgan fingerprint density at radius 2 is 1.80 bits per heavy atom. The summed E-state index contributed by atoms with van der Waals surface area (Å²) in [5.74, 6) is 6.24. The average Bonchev–Trinajstić information content (AvgIpc) is 3.23. The smallest absolute Gasteiger partial charge is 0.139 e. The molecule has 1 aromatic heterocycles. The molecule has 2 heterocycles. The Kier molecular flexibility index (Phi) is 10.2. The number of thiazole rings is 1. The fourth-order valence-corrected chi connectivity index (χ4v) is 8.46. The Bertz CT molecular complexity index is 1600. The van der Waals surface area contributed by atoms with E-state index in [1.54, 1.807) is 16.3 Å². The molecule has 6 nitrogen and oxygen atoms in total. The van der Waals surface area contributed by atoms with E-state index >= 15 is 0 Å². The minimum atomic E-state index is -0.710. The van der Waals surface area contributed by atoms with Crippen LogP contribution in [0.5, 0.6) is 0 Å². The maximum Gasteiger partial charge on any atom is 0.139 e. The molecule has 4 aromatic rings. The van der Waals surface area contributed by atoms with Gasteiger partial charge in [-0.05, 0) is 86.4 Å². The number of nitrogen functional groups attached to an aromatic ring is 1. The van der Waals surface area contributed by atoms with E-state index in [9.17, 15) is 4.79 Å². The number of hydrogen-bond donors (Lipinski definition) is 2. The predicted octanol–water partition coefficient (Wildman–Crippen LogP) is 7.86. The topological polar surface area (TPSA) is 88.5 Å². The summed E-state index contributed by atoms with van der Waals surface area (Å²) in [7, 11) is 0. The highest BCUT2D eigenvalue weighted by molar-refractivity contribution is 7.97. The lowest BCUT2D eigenvalue weighted by atomic mass is 9.70. The van der Waals surface area contributed by atoms with Crippen LogP contribution in [-0.4, -0.2) is 28.2 Å². The number of carbonyl (C=O) groups excluding carboxylic acids is 1. The van der Waals surface area contributed by atoms with Crippen molar-refractivity contribution in [1.29, 1.82) is 0 Å². The molecule has 3 aromatic carbocycles. The highest BCUT2D eigenvalue weighted by Gasteiger charge is 2.41. The normalized spacial score (nSPS) is 14.6. The van der Waals surface area contributed by atoms with Crippen LogP contribution in [0.4, 0.5) is 11.4 Å². The van der Waals surface area contributed by atoms with E-state index in [1.807, 2.05) is 50.1 Å². The number of nitrogens with two attached hydrogens (primary N) is 2. The van der Waals surface area contributed by atoms with Crippen molar-refractivity contribution >= 4 is 40.4 Å². The van der Waals surface area contributed by atoms with Crippen LogP contribution in [0, 0.1) is 19.3 Å². The Labute approximate surface area is 271 Å². The monoisotopic (exact) mass is 627 g/mol. The van der Waals surface area contributed by atoms with Gasteiger partial charge in [0.05, 0.1) is 23.6 Å². The number of benzene rings is 3. The molecule has 232 valence electrons. The second-order valence-electron chi connectivity index (χ2n) is 12.3. The number of ketones is 1. The third kappa shape index (κ3) is 6.89. The summed E-state index contributed by atoms with van der Waals surface area (Å²) in [6.07, 6.45) is 3.39. The number of rotatable bonds is 11. The number of aromatic nitrogens is 1. The molecular weight excluding hydrogens is 583 g/mol. The SMILES string of the molecule is CCN(N)c1ccc(C(c2nc(CN3CCCc4ccccc4S3)c(C)s2)C(C)(C)C(=O)CCc2ccccc2)c(C)c1N. The molecule has 0 radical (unpaired) electrons. The summed E-state index contributed by atoms with van der Waals surface area (Å²) in [5, 5.41) is 2.63. The summed E-state index contributed by atoms with van der Waals surface area (Å²) in [4.78, 5) is 21.9. The van der Waals surface area contributed by atoms with Crippen molar-refractivity contribution in [1.82, 2.24) is 9.29 Å². The fraction of sp³-hybridized carbons (Fsp3) is 0.389. The number of fused-ring (bicyclic) bond motifs is 1. The van der Waals surface area contributed by atoms with Crippen molar-refractivity contribution in [2.45, 2.75) is 77.7 Å². The molecule has 8 heteroatoms. The number of Topliss-reactive ketones (excluding diaryl/α,β-unsaturated/α-hetero) is 1. The first-order chi connectivity index (χ1) is 21.1. The second kappa shape index (κ2) is 13.9. The molecule has 0 bridgehead atoms. The molecule has 4 N–H and O–H groups in total. The van der Waals surface area contributed by atoms with Gasteiger partial charge in [0.2, 0.25) is 0 Å². The van der Waals surface area contributed by atoms with Crippen LogP contribution in [-0.2, 0) is 24.2 Å². The maximum atomic E-state index is 14.1. The quantitative estimate of drug-likeness (QED) is 0.0758. The highest BCUT2D eigenvalue weighted by Crippen LogP contribution is 2.47. The van der Waals surface area contributed by atoms with E-state index in [0.29, 0.717) is 25.1 Å². The molecule has 1 atom stereocenters. The van der Waals surface area contributed by atoms with Crippen LogP contribution in [0.3, 0.4) is 0 Å². The molecule has 5 rings (SSSR count). The zero-order valence-electron chi connectivity index (χ0n) is 26.6. The lowest BCUT2D eigenvalue weighted by molar-refractivity contribution is -0.127. The molecule has 0 spiro atoms. The van der Waals surface area contributed by atoms with Crippen LogP contribution in [0.1, 0.15) is 77.4 Å². The number of hydrazine groups is 1. The van der Waals surface area contributed by atoms with Gasteiger partial charge < -0.3 is 10.7 Å². The van der Waals surface area contributed by atoms with E-state index in [0.717, 1.165) is 53.4 Å². The first-order valence-electron chi connectivity index (χ1n) is 15.6. The number of aryl methyl sites for hydroxylation is 3. The molecule has 1 aliphatic heterocycles. The Hall–Kier alpha value is -3.17. The van der Waals surface area contributed by atoms with Crippen molar-refractivity contribution in [3.8, 4) is 0 Å². The van der Waals surface area contributed by atoms with Gasteiger partial charge in [-0.15, -0.1) is 11.3 Å². The first-order valence-corrected chi connectivity index (χ1v) is 17.1. The maximum absolute atomic E-state index is 14.1. The number of hydrogen-bond acceptors (Lipinski definition) is 8. The van der Waals surface area contributed by atoms with Crippen LogP contribution in [0.25, 0.3) is 0 Å². The van der Waals surface area contributed by atoms with Crippen molar-refractivity contribution in [2.75, 3.05) is 23.8 Å². The number of carbonyl (C=O) groups is 1. The van der Waals surface area contributed by atoms with E-state index in [-0.39, 0.29) is 11.7 Å². The predicted molar refractivity (Wildman–Crippen MR) is 186 cm³/mol. The van der Waals surface area contributed by atoms with E-state index in [4.69, 9.17) is 16.6 Å². The van der Waals surface area contributed by atoms with Gasteiger partial charge in [-0.25, -0.2) is 15.1 Å². The number of anilines is 2. The minimum Gasteiger partial charge on any atom is -0.397 e. The second-order valence-corrected chi connectivity index (χ2v) is 14.7. The van der Waals surface area contributed by atoms with Gasteiger partial charge in [-0.3, -0.25) is 4.79 Å². The van der Waals surface area contributed by atoms with Gasteiger partial charge in [0, 0.05) is 40.6 Å².